The molecule has 0 spiro atoms. The molecule has 0 bridgehead atoms. The van der Waals surface area contributed by atoms with Crippen molar-refractivity contribution in [1.82, 2.24) is 0 Å². The van der Waals surface area contributed by atoms with E-state index in [0.29, 0.717) is 24.1 Å². The summed E-state index contributed by atoms with van der Waals surface area (Å²) < 4.78 is 34.5. The molecule has 0 aromatic rings. The van der Waals surface area contributed by atoms with E-state index in [2.05, 4.69) is 26.0 Å². The van der Waals surface area contributed by atoms with Crippen molar-refractivity contribution >= 4 is 13.8 Å². The summed E-state index contributed by atoms with van der Waals surface area (Å²) in [5.41, 5.74) is 0. The Morgan fingerprint density at radius 3 is 1.49 bits per heavy atom. The normalized spacial score (nSPS) is 13.9. The van der Waals surface area contributed by atoms with Crippen LogP contribution in [0.15, 0.2) is 12.2 Å². The molecule has 0 radical (unpaired) electrons. The lowest BCUT2D eigenvalue weighted by Crippen LogP contribution is -2.37. The number of nitrogens with zero attached hydrogens (tertiary/aromatic N) is 1. The number of allylic oxidation sites excluding steroid dienone is 2. The second-order valence-corrected chi connectivity index (χ2v) is 17.1. The number of hydrogen-bond acceptors (Lipinski definition) is 7. The molecule has 2 atom stereocenters. The smallest absolute Gasteiger partial charge is 0.306 e. The Morgan fingerprint density at radius 2 is 1.02 bits per heavy atom. The lowest BCUT2D eigenvalue weighted by Gasteiger charge is -2.28. The van der Waals surface area contributed by atoms with E-state index in [1.54, 1.807) is 0 Å². The zero-order valence-electron chi connectivity index (χ0n) is 34.3. The maximum absolute atomic E-state index is 12.6. The summed E-state index contributed by atoms with van der Waals surface area (Å²) in [6.45, 7) is 5.43. The second-order valence-electron chi connectivity index (χ2n) is 15.7. The van der Waals surface area contributed by atoms with Gasteiger partial charge in [0.2, 0.25) is 0 Å². The molecule has 304 valence electrons. The van der Waals surface area contributed by atoms with Crippen LogP contribution in [-0.2, 0) is 27.9 Å². The van der Waals surface area contributed by atoms with Crippen molar-refractivity contribution in [2.45, 2.75) is 200 Å². The molecule has 0 aliphatic carbocycles. The highest BCUT2D eigenvalue weighted by Gasteiger charge is 2.20. The van der Waals surface area contributed by atoms with Gasteiger partial charge in [0.1, 0.15) is 19.3 Å². The van der Waals surface area contributed by atoms with E-state index >= 15 is 0 Å². The molecule has 0 heterocycles. The number of unbranched alkanes of at least 4 members (excludes halogenated alkanes) is 24. The number of phosphoric acid groups is 1. The van der Waals surface area contributed by atoms with Crippen LogP contribution in [-0.4, -0.2) is 70.7 Å². The first-order chi connectivity index (χ1) is 24.6. The number of phosphoric ester groups is 1. The van der Waals surface area contributed by atoms with E-state index in [1.165, 1.54) is 128 Å². The number of carbonyl (C=O) groups is 1. The third-order valence-corrected chi connectivity index (χ3v) is 10.3. The van der Waals surface area contributed by atoms with Crippen LogP contribution in [0.3, 0.4) is 0 Å². The summed E-state index contributed by atoms with van der Waals surface area (Å²) in [4.78, 5) is 25.0. The first-order valence-corrected chi connectivity index (χ1v) is 22.9. The molecular formula is C42H84NO7P. The van der Waals surface area contributed by atoms with Crippen LogP contribution in [0.2, 0.25) is 0 Å². The summed E-state index contributed by atoms with van der Waals surface area (Å²) in [5.74, 6) is -0.340. The molecule has 2 unspecified atom stereocenters. The van der Waals surface area contributed by atoms with E-state index in [4.69, 9.17) is 18.5 Å². The third-order valence-electron chi connectivity index (χ3n) is 9.32. The minimum absolute atomic E-state index is 0.0276. The largest absolute Gasteiger partial charge is 0.756 e. The van der Waals surface area contributed by atoms with E-state index < -0.39 is 13.9 Å². The lowest BCUT2D eigenvalue weighted by molar-refractivity contribution is -0.870. The molecule has 0 fully saturated rings. The number of ether oxygens (including phenoxy) is 2. The topological polar surface area (TPSA) is 94.1 Å². The molecule has 0 saturated carbocycles. The maximum Gasteiger partial charge on any atom is 0.306 e. The van der Waals surface area contributed by atoms with E-state index in [1.807, 2.05) is 21.1 Å². The predicted molar refractivity (Wildman–Crippen MR) is 213 cm³/mol. The summed E-state index contributed by atoms with van der Waals surface area (Å²) in [6.07, 6.45) is 37.8. The molecule has 0 aromatic heterocycles. The fraction of sp³-hybridized carbons (Fsp3) is 0.929. The minimum Gasteiger partial charge on any atom is -0.756 e. The van der Waals surface area contributed by atoms with E-state index in [-0.39, 0.29) is 25.8 Å². The van der Waals surface area contributed by atoms with Gasteiger partial charge in [-0.2, -0.15) is 0 Å². The average Bonchev–Trinajstić information content (AvgIpc) is 3.08. The van der Waals surface area contributed by atoms with Crippen LogP contribution >= 0.6 is 7.82 Å². The Morgan fingerprint density at radius 1 is 0.588 bits per heavy atom. The van der Waals surface area contributed by atoms with E-state index in [9.17, 15) is 14.3 Å². The average molecular weight is 746 g/mol. The van der Waals surface area contributed by atoms with Crippen molar-refractivity contribution in [3.63, 3.8) is 0 Å². The lowest BCUT2D eigenvalue weighted by atomic mass is 10.0. The number of esters is 1. The van der Waals surface area contributed by atoms with Crippen LogP contribution in [0.1, 0.15) is 194 Å². The molecule has 0 rings (SSSR count). The second kappa shape index (κ2) is 36.2. The fourth-order valence-electron chi connectivity index (χ4n) is 5.95. The highest BCUT2D eigenvalue weighted by atomic mass is 31.2. The first kappa shape index (κ1) is 50.2. The van der Waals surface area contributed by atoms with Gasteiger partial charge in [0, 0.05) is 13.0 Å². The predicted octanol–water partition coefficient (Wildman–Crippen LogP) is 11.6. The quantitative estimate of drug-likeness (QED) is 0.0203. The van der Waals surface area contributed by atoms with Crippen LogP contribution in [0, 0.1) is 0 Å². The molecule has 8 nitrogen and oxygen atoms in total. The van der Waals surface area contributed by atoms with Crippen LogP contribution in [0.5, 0.6) is 0 Å². The molecule has 0 amide bonds. The van der Waals surface area contributed by atoms with Crippen molar-refractivity contribution in [2.75, 3.05) is 54.1 Å². The molecule has 0 N–H and O–H groups in total. The van der Waals surface area contributed by atoms with Crippen molar-refractivity contribution in [2.24, 2.45) is 0 Å². The Bertz CT molecular complexity index is 833. The van der Waals surface area contributed by atoms with Crippen LogP contribution in [0.25, 0.3) is 0 Å². The molecule has 0 aromatic carbocycles. The third kappa shape index (κ3) is 40.3. The Kier molecular flexibility index (Phi) is 35.7. The highest BCUT2D eigenvalue weighted by molar-refractivity contribution is 7.45. The number of likely N-dealkylation sites (N-methyl/N-ethyl adjacent to an activating group) is 1. The molecular weight excluding hydrogens is 661 g/mol. The maximum atomic E-state index is 12.6. The number of quaternary nitrogens is 1. The van der Waals surface area contributed by atoms with Crippen molar-refractivity contribution in [3.8, 4) is 0 Å². The Balaban J connectivity index is 4.24. The molecule has 9 heteroatoms. The SMILES string of the molecule is CCCCCCCC/C=C\CCCCCCCC(=O)OC(COCCCCCCCCCCCCCCCC)COP(=O)([O-])OCC[N+](C)(C)C. The minimum atomic E-state index is -4.52. The van der Waals surface area contributed by atoms with Gasteiger partial charge in [0.05, 0.1) is 34.4 Å². The number of carbonyl (C=O) groups excluding carboxylic acids is 1. The van der Waals surface area contributed by atoms with Crippen LogP contribution < -0.4 is 4.89 Å². The fourth-order valence-corrected chi connectivity index (χ4v) is 6.68. The van der Waals surface area contributed by atoms with Gasteiger partial charge >= 0.3 is 5.97 Å². The van der Waals surface area contributed by atoms with Gasteiger partial charge in [-0.3, -0.25) is 9.36 Å². The molecule has 51 heavy (non-hydrogen) atoms. The summed E-state index contributed by atoms with van der Waals surface area (Å²) in [5, 5.41) is 0. The zero-order chi connectivity index (χ0) is 37.7. The highest BCUT2D eigenvalue weighted by Crippen LogP contribution is 2.38. The zero-order valence-corrected chi connectivity index (χ0v) is 35.2. The van der Waals surface area contributed by atoms with Gasteiger partial charge in [-0.1, -0.05) is 161 Å². The van der Waals surface area contributed by atoms with Gasteiger partial charge in [-0.15, -0.1) is 0 Å². The monoisotopic (exact) mass is 746 g/mol. The molecule has 0 saturated heterocycles. The number of rotatable bonds is 40. The summed E-state index contributed by atoms with van der Waals surface area (Å²) >= 11 is 0. The standard InChI is InChI=1S/C42H84NO7P/c1-6-8-10-12-14-16-18-20-22-23-25-27-29-31-33-35-42(44)50-41(40-49-51(45,46)48-38-36-43(3,4)5)39-47-37-34-32-30-28-26-24-21-19-17-15-13-11-9-7-2/h20,22,41H,6-19,21,23-40H2,1-5H3/b22-20-. The van der Waals surface area contributed by atoms with Gasteiger partial charge in [-0.25, -0.2) is 0 Å². The summed E-state index contributed by atoms with van der Waals surface area (Å²) in [7, 11) is 1.36. The summed E-state index contributed by atoms with van der Waals surface area (Å²) in [6, 6.07) is 0. The van der Waals surface area contributed by atoms with Crippen LogP contribution in [0.4, 0.5) is 0 Å². The van der Waals surface area contributed by atoms with Gasteiger partial charge in [-0.05, 0) is 38.5 Å². The Hall–Kier alpha value is -0.760. The first-order valence-electron chi connectivity index (χ1n) is 21.4. The molecule has 0 aliphatic heterocycles. The van der Waals surface area contributed by atoms with Gasteiger partial charge in [0.25, 0.3) is 7.82 Å². The van der Waals surface area contributed by atoms with Gasteiger partial charge < -0.3 is 27.9 Å². The van der Waals surface area contributed by atoms with Gasteiger partial charge in [0.15, 0.2) is 0 Å². The number of hydrogen-bond donors (Lipinski definition) is 0. The van der Waals surface area contributed by atoms with E-state index in [0.717, 1.165) is 44.9 Å². The Labute approximate surface area is 316 Å². The van der Waals surface area contributed by atoms with Crippen molar-refractivity contribution in [1.29, 1.82) is 0 Å². The van der Waals surface area contributed by atoms with Crippen molar-refractivity contribution in [3.05, 3.63) is 12.2 Å². The van der Waals surface area contributed by atoms with Crippen molar-refractivity contribution < 1.29 is 37.3 Å². The molecule has 0 aliphatic rings.